The first kappa shape index (κ1) is 12.3. The molecule has 0 unspecified atom stereocenters. The molecule has 0 saturated carbocycles. The number of hydrogen-bond acceptors (Lipinski definition) is 3. The number of nitrogens with zero attached hydrogens (tertiary/aromatic N) is 2. The van der Waals surface area contributed by atoms with E-state index in [4.69, 9.17) is 16.7 Å². The molecular weight excluding hydrogens is 259 g/mol. The van der Waals surface area contributed by atoms with E-state index >= 15 is 0 Å². The summed E-state index contributed by atoms with van der Waals surface area (Å²) in [4.78, 5) is 16.9. The molecule has 0 spiro atoms. The molecule has 0 saturated heterocycles. The average molecular weight is 268 g/mol. The third kappa shape index (κ3) is 7.67. The third-order valence-corrected chi connectivity index (χ3v) is 1.50. The van der Waals surface area contributed by atoms with E-state index < -0.39 is 5.97 Å². The molecule has 0 aliphatic rings. The summed E-state index contributed by atoms with van der Waals surface area (Å²) in [6.07, 6.45) is 3.24. The maximum Gasteiger partial charge on any atom is 0.303 e. The summed E-state index contributed by atoms with van der Waals surface area (Å²) in [6.45, 7) is 1.60. The Balaban J connectivity index is 0.000000252. The van der Waals surface area contributed by atoms with Crippen LogP contribution in [-0.4, -0.2) is 21.0 Å². The second kappa shape index (κ2) is 6.80. The number of carbonyl (C=O) groups is 1. The van der Waals surface area contributed by atoms with Crippen LogP contribution in [0.3, 0.4) is 0 Å². The van der Waals surface area contributed by atoms with Crippen LogP contribution in [0.15, 0.2) is 17.0 Å². The zero-order valence-electron chi connectivity index (χ0n) is 6.87. The molecule has 72 valence electrons. The fraction of sp³-hybridized carbons (Fsp3) is 0.286. The molecule has 1 N–H and O–H groups in total. The van der Waals surface area contributed by atoms with Gasteiger partial charge in [-0.25, -0.2) is 9.97 Å². The Morgan fingerprint density at radius 1 is 1.62 bits per heavy atom. The van der Waals surface area contributed by atoms with Crippen molar-refractivity contribution < 1.29 is 9.90 Å². The molecule has 0 aliphatic carbocycles. The number of rotatable bonds is 1. The van der Waals surface area contributed by atoms with Crippen LogP contribution >= 0.6 is 27.5 Å². The predicted molar refractivity (Wildman–Crippen MR) is 52.7 cm³/mol. The van der Waals surface area contributed by atoms with Gasteiger partial charge >= 0.3 is 5.97 Å². The SMILES string of the molecule is CCC(=O)O.Clc1cnc(Br)cn1. The molecule has 6 heteroatoms. The zero-order valence-corrected chi connectivity index (χ0v) is 9.21. The summed E-state index contributed by atoms with van der Waals surface area (Å²) < 4.78 is 0.696. The largest absolute Gasteiger partial charge is 0.481 e. The smallest absolute Gasteiger partial charge is 0.303 e. The third-order valence-electron chi connectivity index (χ3n) is 0.891. The van der Waals surface area contributed by atoms with E-state index in [1.165, 1.54) is 6.20 Å². The number of carboxylic acids is 1. The molecule has 0 fully saturated rings. The van der Waals surface area contributed by atoms with E-state index in [1.807, 2.05) is 0 Å². The van der Waals surface area contributed by atoms with E-state index in [9.17, 15) is 4.79 Å². The predicted octanol–water partition coefficient (Wildman–Crippen LogP) is 2.37. The lowest BCUT2D eigenvalue weighted by molar-refractivity contribution is -0.136. The summed E-state index contributed by atoms with van der Waals surface area (Å²) in [5.41, 5.74) is 0. The zero-order chi connectivity index (χ0) is 10.3. The van der Waals surface area contributed by atoms with Crippen molar-refractivity contribution in [1.29, 1.82) is 0 Å². The fourth-order valence-electron chi connectivity index (χ4n) is 0.297. The lowest BCUT2D eigenvalue weighted by atomic mass is 10.5. The molecule has 0 aromatic carbocycles. The quantitative estimate of drug-likeness (QED) is 0.848. The van der Waals surface area contributed by atoms with Crippen LogP contribution in [0.5, 0.6) is 0 Å². The summed E-state index contributed by atoms with van der Waals surface area (Å²) >= 11 is 8.53. The molecule has 0 aliphatic heterocycles. The summed E-state index contributed by atoms with van der Waals surface area (Å²) in [5.74, 6) is -0.745. The van der Waals surface area contributed by atoms with Crippen LogP contribution < -0.4 is 0 Å². The van der Waals surface area contributed by atoms with Crippen molar-refractivity contribution in [3.63, 3.8) is 0 Å². The van der Waals surface area contributed by atoms with Crippen molar-refractivity contribution in [2.24, 2.45) is 0 Å². The van der Waals surface area contributed by atoms with Crippen LogP contribution in [0.4, 0.5) is 0 Å². The summed E-state index contributed by atoms with van der Waals surface area (Å²) in [5, 5.41) is 8.13. The molecule has 4 nitrogen and oxygen atoms in total. The highest BCUT2D eigenvalue weighted by Crippen LogP contribution is 2.05. The molecule has 1 aromatic heterocycles. The fourth-order valence-corrected chi connectivity index (χ4v) is 0.599. The monoisotopic (exact) mass is 266 g/mol. The number of aromatic nitrogens is 2. The molecule has 1 rings (SSSR count). The lowest BCUT2D eigenvalue weighted by Crippen LogP contribution is -1.86. The summed E-state index contributed by atoms with van der Waals surface area (Å²) in [7, 11) is 0. The number of hydrogen-bond donors (Lipinski definition) is 1. The number of halogens is 2. The van der Waals surface area contributed by atoms with Gasteiger partial charge in [-0.05, 0) is 15.9 Å². The summed E-state index contributed by atoms with van der Waals surface area (Å²) in [6, 6.07) is 0. The topological polar surface area (TPSA) is 63.1 Å². The second-order valence-electron chi connectivity index (χ2n) is 1.91. The average Bonchev–Trinajstić information content (AvgIpc) is 2.11. The Morgan fingerprint density at radius 2 is 2.15 bits per heavy atom. The van der Waals surface area contributed by atoms with Gasteiger partial charge in [-0.3, -0.25) is 4.79 Å². The van der Waals surface area contributed by atoms with Crippen LogP contribution in [0.25, 0.3) is 0 Å². The van der Waals surface area contributed by atoms with Crippen LogP contribution in [-0.2, 0) is 4.79 Å². The van der Waals surface area contributed by atoms with Crippen molar-refractivity contribution in [2.75, 3.05) is 0 Å². The van der Waals surface area contributed by atoms with Crippen molar-refractivity contribution in [2.45, 2.75) is 13.3 Å². The molecule has 0 atom stereocenters. The van der Waals surface area contributed by atoms with E-state index in [0.717, 1.165) is 0 Å². The lowest BCUT2D eigenvalue weighted by Gasteiger charge is -1.85. The van der Waals surface area contributed by atoms with Crippen molar-refractivity contribution in [1.82, 2.24) is 9.97 Å². The Bertz CT molecular complexity index is 245. The van der Waals surface area contributed by atoms with Gasteiger partial charge in [-0.2, -0.15) is 0 Å². The second-order valence-corrected chi connectivity index (χ2v) is 3.11. The first-order chi connectivity index (χ1) is 6.06. The van der Waals surface area contributed by atoms with Crippen LogP contribution in [0, 0.1) is 0 Å². The maximum absolute atomic E-state index is 9.37. The van der Waals surface area contributed by atoms with E-state index in [0.29, 0.717) is 9.76 Å². The van der Waals surface area contributed by atoms with Gasteiger partial charge in [0.1, 0.15) is 9.76 Å². The van der Waals surface area contributed by atoms with Crippen molar-refractivity contribution >= 4 is 33.5 Å². The van der Waals surface area contributed by atoms with Gasteiger partial charge in [0.05, 0.1) is 12.4 Å². The van der Waals surface area contributed by atoms with E-state index in [2.05, 4.69) is 25.9 Å². The first-order valence-electron chi connectivity index (χ1n) is 3.41. The van der Waals surface area contributed by atoms with Gasteiger partial charge in [-0.1, -0.05) is 18.5 Å². The van der Waals surface area contributed by atoms with Gasteiger partial charge < -0.3 is 5.11 Å². The molecule has 0 bridgehead atoms. The maximum atomic E-state index is 9.37. The highest BCUT2D eigenvalue weighted by atomic mass is 79.9. The van der Waals surface area contributed by atoms with Crippen molar-refractivity contribution in [3.05, 3.63) is 22.1 Å². The highest BCUT2D eigenvalue weighted by molar-refractivity contribution is 9.10. The van der Waals surface area contributed by atoms with E-state index in [-0.39, 0.29) is 6.42 Å². The van der Waals surface area contributed by atoms with E-state index in [1.54, 1.807) is 13.1 Å². The Labute approximate surface area is 89.1 Å². The van der Waals surface area contributed by atoms with Gasteiger partial charge in [-0.15, -0.1) is 0 Å². The van der Waals surface area contributed by atoms with Gasteiger partial charge in [0, 0.05) is 6.42 Å². The molecule has 0 amide bonds. The van der Waals surface area contributed by atoms with Gasteiger partial charge in [0.15, 0.2) is 0 Å². The number of carboxylic acid groups (broad SMARTS) is 1. The molecule has 1 aromatic rings. The van der Waals surface area contributed by atoms with Crippen LogP contribution in [0.1, 0.15) is 13.3 Å². The standard InChI is InChI=1S/C4H2BrClN2.C3H6O2/c5-3-1-8-4(6)2-7-3;1-2-3(4)5/h1-2H;2H2,1H3,(H,4,5). The normalized spacial score (nSPS) is 8.54. The minimum atomic E-state index is -0.745. The Kier molecular flexibility index (Phi) is 6.44. The van der Waals surface area contributed by atoms with Gasteiger partial charge in [0.2, 0.25) is 0 Å². The first-order valence-corrected chi connectivity index (χ1v) is 4.58. The highest BCUT2D eigenvalue weighted by Gasteiger charge is 1.86. The Morgan fingerprint density at radius 3 is 2.38 bits per heavy atom. The minimum absolute atomic E-state index is 0.222. The molecule has 0 radical (unpaired) electrons. The minimum Gasteiger partial charge on any atom is -0.481 e. The molecule has 1 heterocycles. The van der Waals surface area contributed by atoms with Crippen LogP contribution in [0.2, 0.25) is 5.15 Å². The van der Waals surface area contributed by atoms with Gasteiger partial charge in [0.25, 0.3) is 0 Å². The molecule has 13 heavy (non-hydrogen) atoms. The van der Waals surface area contributed by atoms with Crippen molar-refractivity contribution in [3.8, 4) is 0 Å². The Hall–Kier alpha value is -0.680. The molecular formula is C7H8BrClN2O2. The number of aliphatic carboxylic acids is 1.